The van der Waals surface area contributed by atoms with Gasteiger partial charge in [0.1, 0.15) is 5.76 Å². The van der Waals surface area contributed by atoms with E-state index in [1.807, 2.05) is 53.9 Å². The van der Waals surface area contributed by atoms with Crippen molar-refractivity contribution in [3.05, 3.63) is 41.8 Å². The third kappa shape index (κ3) is 5.96. The number of hydrogen-bond donors (Lipinski definition) is 1. The molecule has 0 atom stereocenters. The van der Waals surface area contributed by atoms with Crippen molar-refractivity contribution >= 4 is 23.6 Å². The van der Waals surface area contributed by atoms with Gasteiger partial charge >= 0.3 is 0 Å². The number of nitrogens with zero attached hydrogens (tertiary/aromatic N) is 2. The van der Waals surface area contributed by atoms with Crippen molar-refractivity contribution in [1.29, 1.82) is 0 Å². The van der Waals surface area contributed by atoms with Crippen LogP contribution in [-0.2, 0) is 25.5 Å². The van der Waals surface area contributed by atoms with Crippen molar-refractivity contribution < 1.29 is 23.5 Å². The molecule has 4 rings (SSSR count). The number of rotatable bonds is 7. The highest BCUT2D eigenvalue weighted by molar-refractivity contribution is 7.99. The van der Waals surface area contributed by atoms with Crippen molar-refractivity contribution in [1.82, 2.24) is 15.2 Å². The zero-order chi connectivity index (χ0) is 23.3. The SMILES string of the molecule is Cc1oc(-c2ccccc2)nc1CC1COC(C)(C(=O)NCCC(=O)N2CCSCC2)OC1. The summed E-state index contributed by atoms with van der Waals surface area (Å²) in [4.78, 5) is 31.4. The fraction of sp³-hybridized carbons (Fsp3) is 0.542. The summed E-state index contributed by atoms with van der Waals surface area (Å²) in [6, 6.07) is 9.78. The lowest BCUT2D eigenvalue weighted by Gasteiger charge is -2.36. The number of amides is 2. The van der Waals surface area contributed by atoms with E-state index in [2.05, 4.69) is 10.3 Å². The molecule has 0 saturated carbocycles. The number of benzene rings is 1. The summed E-state index contributed by atoms with van der Waals surface area (Å²) >= 11 is 1.86. The van der Waals surface area contributed by atoms with Gasteiger partial charge in [-0.3, -0.25) is 9.59 Å². The standard InChI is InChI=1S/C24H31N3O5S/c1-17-20(26-22(32-17)19-6-4-3-5-7-19)14-18-15-30-24(2,31-16-18)23(29)25-9-8-21(28)27-10-12-33-13-11-27/h3-7,18H,8-16H2,1-2H3,(H,25,29). The summed E-state index contributed by atoms with van der Waals surface area (Å²) in [5.74, 6) is 1.75. The lowest BCUT2D eigenvalue weighted by Crippen LogP contribution is -2.53. The molecule has 2 aliphatic heterocycles. The molecule has 0 spiro atoms. The quantitative estimate of drug-likeness (QED) is 0.661. The minimum atomic E-state index is -1.35. The summed E-state index contributed by atoms with van der Waals surface area (Å²) in [5.41, 5.74) is 1.80. The highest BCUT2D eigenvalue weighted by Crippen LogP contribution is 2.27. The van der Waals surface area contributed by atoms with Gasteiger partial charge in [-0.05, 0) is 26.0 Å². The highest BCUT2D eigenvalue weighted by atomic mass is 32.2. The Morgan fingerprint density at radius 3 is 2.58 bits per heavy atom. The molecule has 1 N–H and O–H groups in total. The highest BCUT2D eigenvalue weighted by Gasteiger charge is 2.40. The molecule has 9 heteroatoms. The first-order valence-corrected chi connectivity index (χ1v) is 12.5. The van der Waals surface area contributed by atoms with E-state index in [1.165, 1.54) is 0 Å². The summed E-state index contributed by atoms with van der Waals surface area (Å²) in [7, 11) is 0. The number of ether oxygens (including phenoxy) is 2. The Labute approximate surface area is 198 Å². The van der Waals surface area contributed by atoms with E-state index >= 15 is 0 Å². The predicted molar refractivity (Wildman–Crippen MR) is 126 cm³/mol. The van der Waals surface area contributed by atoms with Crippen LogP contribution in [0.5, 0.6) is 0 Å². The van der Waals surface area contributed by atoms with Crippen LogP contribution >= 0.6 is 11.8 Å². The molecule has 33 heavy (non-hydrogen) atoms. The summed E-state index contributed by atoms with van der Waals surface area (Å²) in [6.07, 6.45) is 0.923. The van der Waals surface area contributed by atoms with Crippen LogP contribution in [-0.4, -0.2) is 71.8 Å². The van der Waals surface area contributed by atoms with Crippen molar-refractivity contribution in [3.8, 4) is 11.5 Å². The number of hydrogen-bond acceptors (Lipinski definition) is 7. The molecule has 0 unspecified atom stereocenters. The molecule has 0 radical (unpaired) electrons. The second-order valence-corrected chi connectivity index (χ2v) is 9.75. The number of carbonyl (C=O) groups excluding carboxylic acids is 2. The van der Waals surface area contributed by atoms with Crippen LogP contribution in [0.25, 0.3) is 11.5 Å². The maximum Gasteiger partial charge on any atom is 0.280 e. The lowest BCUT2D eigenvalue weighted by atomic mass is 10.0. The van der Waals surface area contributed by atoms with Gasteiger partial charge in [-0.25, -0.2) is 4.98 Å². The zero-order valence-corrected chi connectivity index (χ0v) is 20.0. The molecule has 0 aliphatic carbocycles. The molecule has 2 saturated heterocycles. The minimum absolute atomic E-state index is 0.0665. The Bertz CT molecular complexity index is 950. The number of nitrogens with one attached hydrogen (secondary N) is 1. The molecule has 3 heterocycles. The smallest absolute Gasteiger partial charge is 0.280 e. The Morgan fingerprint density at radius 1 is 1.18 bits per heavy atom. The first-order valence-electron chi connectivity index (χ1n) is 11.4. The Morgan fingerprint density at radius 2 is 1.88 bits per heavy atom. The van der Waals surface area contributed by atoms with Gasteiger partial charge < -0.3 is 24.1 Å². The summed E-state index contributed by atoms with van der Waals surface area (Å²) < 4.78 is 17.5. The molecule has 1 aromatic heterocycles. The Balaban J connectivity index is 1.23. The largest absolute Gasteiger partial charge is 0.441 e. The van der Waals surface area contributed by atoms with Crippen LogP contribution in [0.2, 0.25) is 0 Å². The van der Waals surface area contributed by atoms with Crippen LogP contribution in [0.15, 0.2) is 34.7 Å². The molecule has 2 amide bonds. The number of thioether (sulfide) groups is 1. The van der Waals surface area contributed by atoms with Crippen LogP contribution in [0.3, 0.4) is 0 Å². The monoisotopic (exact) mass is 473 g/mol. The maximum atomic E-state index is 12.6. The molecule has 2 fully saturated rings. The fourth-order valence-corrected chi connectivity index (χ4v) is 4.81. The van der Waals surface area contributed by atoms with E-state index in [4.69, 9.17) is 13.9 Å². The van der Waals surface area contributed by atoms with E-state index in [1.54, 1.807) is 6.92 Å². The first kappa shape index (κ1) is 23.8. The molecule has 1 aromatic carbocycles. The van der Waals surface area contributed by atoms with Crippen LogP contribution in [0.4, 0.5) is 0 Å². The first-order chi connectivity index (χ1) is 15.9. The van der Waals surface area contributed by atoms with Crippen LogP contribution in [0, 0.1) is 12.8 Å². The molecular weight excluding hydrogens is 442 g/mol. The number of carbonyl (C=O) groups is 2. The maximum absolute atomic E-state index is 12.6. The summed E-state index contributed by atoms with van der Waals surface area (Å²) in [6.45, 7) is 6.11. The molecular formula is C24H31N3O5S. The fourth-order valence-electron chi connectivity index (χ4n) is 3.90. The van der Waals surface area contributed by atoms with Gasteiger partial charge in [0.15, 0.2) is 0 Å². The van der Waals surface area contributed by atoms with Gasteiger partial charge in [0.25, 0.3) is 5.91 Å². The number of aromatic nitrogens is 1. The Hall–Kier alpha value is -2.36. The Kier molecular flexibility index (Phi) is 7.72. The van der Waals surface area contributed by atoms with Crippen LogP contribution in [0.1, 0.15) is 24.8 Å². The third-order valence-corrected chi connectivity index (χ3v) is 6.93. The second-order valence-electron chi connectivity index (χ2n) is 8.52. The van der Waals surface area contributed by atoms with E-state index in [-0.39, 0.29) is 30.7 Å². The molecule has 2 aromatic rings. The molecule has 0 bridgehead atoms. The topological polar surface area (TPSA) is 93.9 Å². The predicted octanol–water partition coefficient (Wildman–Crippen LogP) is 2.65. The average molecular weight is 474 g/mol. The lowest BCUT2D eigenvalue weighted by molar-refractivity contribution is -0.259. The minimum Gasteiger partial charge on any atom is -0.441 e. The van der Waals surface area contributed by atoms with Gasteiger partial charge in [-0.1, -0.05) is 18.2 Å². The van der Waals surface area contributed by atoms with Gasteiger partial charge in [-0.15, -0.1) is 0 Å². The number of aryl methyl sites for hydroxylation is 1. The summed E-state index contributed by atoms with van der Waals surface area (Å²) in [5, 5.41) is 2.79. The normalized spacial score (nSPS) is 23.3. The molecule has 8 nitrogen and oxygen atoms in total. The zero-order valence-electron chi connectivity index (χ0n) is 19.2. The van der Waals surface area contributed by atoms with Crippen molar-refractivity contribution in [3.63, 3.8) is 0 Å². The van der Waals surface area contributed by atoms with E-state index in [0.717, 1.165) is 41.6 Å². The van der Waals surface area contributed by atoms with Crippen molar-refractivity contribution in [2.24, 2.45) is 5.92 Å². The second kappa shape index (κ2) is 10.7. The van der Waals surface area contributed by atoms with Crippen molar-refractivity contribution in [2.45, 2.75) is 32.5 Å². The van der Waals surface area contributed by atoms with E-state index in [9.17, 15) is 9.59 Å². The van der Waals surface area contributed by atoms with Gasteiger partial charge in [-0.2, -0.15) is 11.8 Å². The van der Waals surface area contributed by atoms with Gasteiger partial charge in [0.05, 0.1) is 18.9 Å². The average Bonchev–Trinajstić information content (AvgIpc) is 3.21. The van der Waals surface area contributed by atoms with Gasteiger partial charge in [0.2, 0.25) is 17.6 Å². The van der Waals surface area contributed by atoms with E-state index in [0.29, 0.717) is 25.5 Å². The van der Waals surface area contributed by atoms with Crippen molar-refractivity contribution in [2.75, 3.05) is 44.4 Å². The third-order valence-electron chi connectivity index (χ3n) is 5.99. The van der Waals surface area contributed by atoms with Gasteiger partial charge in [0, 0.05) is 55.5 Å². The number of oxazole rings is 1. The van der Waals surface area contributed by atoms with Crippen LogP contribution < -0.4 is 5.32 Å². The molecule has 178 valence electrons. The molecule has 2 aliphatic rings. The van der Waals surface area contributed by atoms with E-state index < -0.39 is 5.79 Å².